The Labute approximate surface area is 129 Å². The van der Waals surface area contributed by atoms with E-state index in [-0.39, 0.29) is 0 Å². The molecule has 0 saturated carbocycles. The van der Waals surface area contributed by atoms with E-state index in [0.29, 0.717) is 11.4 Å². The Morgan fingerprint density at radius 3 is 1.55 bits per heavy atom. The van der Waals surface area contributed by atoms with E-state index in [9.17, 15) is 9.59 Å². The molecule has 1 aliphatic heterocycles. The van der Waals surface area contributed by atoms with Crippen molar-refractivity contribution >= 4 is 12.6 Å². The number of nitrogens with zero attached hydrogens (tertiary/aromatic N) is 4. The van der Waals surface area contributed by atoms with Crippen molar-refractivity contribution in [2.45, 2.75) is 13.3 Å². The summed E-state index contributed by atoms with van der Waals surface area (Å²) in [6.45, 7) is 5.31. The highest BCUT2D eigenvalue weighted by Gasteiger charge is 2.18. The first-order chi connectivity index (χ1) is 10.8. The number of hydrogen-bond acceptors (Lipinski definition) is 4. The van der Waals surface area contributed by atoms with Crippen molar-refractivity contribution in [3.63, 3.8) is 0 Å². The number of carbonyl (C=O) groups is 2. The van der Waals surface area contributed by atoms with Gasteiger partial charge in [-0.2, -0.15) is 0 Å². The van der Waals surface area contributed by atoms with Crippen LogP contribution >= 0.6 is 0 Å². The minimum absolute atomic E-state index is 0.713. The average molecular weight is 300 g/mol. The normalized spacial score (nSPS) is 16.7. The van der Waals surface area contributed by atoms with Crippen LogP contribution in [0.15, 0.2) is 36.7 Å². The van der Waals surface area contributed by atoms with Gasteiger partial charge in [0.25, 0.3) is 0 Å². The van der Waals surface area contributed by atoms with Crippen LogP contribution in [-0.4, -0.2) is 57.7 Å². The Balaban J connectivity index is 1.52. The molecule has 0 aliphatic carbocycles. The predicted octanol–water partition coefficient (Wildman–Crippen LogP) is 1.15. The molecular weight excluding hydrogens is 280 g/mol. The standard InChI is InChI=1S/C16H20N4O2/c21-11-15-3-1-5-19(15)13-17-7-9-18(10-8-17)14-20-6-2-4-16(20)12-22/h1-6,11-12H,7-10,13-14H2. The number of rotatable bonds is 6. The van der Waals surface area contributed by atoms with Crippen molar-refractivity contribution < 1.29 is 9.59 Å². The second-order valence-electron chi connectivity index (χ2n) is 5.56. The second kappa shape index (κ2) is 6.72. The SMILES string of the molecule is O=Cc1cccn1CN1CCN(Cn2cccc2C=O)CC1. The summed E-state index contributed by atoms with van der Waals surface area (Å²) in [5, 5.41) is 0. The van der Waals surface area contributed by atoms with Gasteiger partial charge in [-0.15, -0.1) is 0 Å². The molecule has 3 rings (SSSR count). The molecule has 0 atom stereocenters. The first kappa shape index (κ1) is 14.7. The molecule has 116 valence electrons. The van der Waals surface area contributed by atoms with E-state index in [1.165, 1.54) is 0 Å². The molecule has 0 aromatic carbocycles. The van der Waals surface area contributed by atoms with Crippen molar-refractivity contribution in [2.24, 2.45) is 0 Å². The fourth-order valence-electron chi connectivity index (χ4n) is 2.83. The lowest BCUT2D eigenvalue weighted by Crippen LogP contribution is -2.47. The zero-order chi connectivity index (χ0) is 15.4. The maximum atomic E-state index is 10.9. The molecule has 6 nitrogen and oxygen atoms in total. The highest BCUT2D eigenvalue weighted by molar-refractivity contribution is 5.72. The van der Waals surface area contributed by atoms with Gasteiger partial charge in [0, 0.05) is 38.6 Å². The summed E-state index contributed by atoms with van der Waals surface area (Å²) in [4.78, 5) is 26.5. The average Bonchev–Trinajstić information content (AvgIpc) is 3.17. The summed E-state index contributed by atoms with van der Waals surface area (Å²) in [5.74, 6) is 0. The molecule has 0 N–H and O–H groups in total. The van der Waals surface area contributed by atoms with E-state index in [1.807, 2.05) is 45.8 Å². The fraction of sp³-hybridized carbons (Fsp3) is 0.375. The lowest BCUT2D eigenvalue weighted by Gasteiger charge is -2.35. The van der Waals surface area contributed by atoms with Gasteiger partial charge < -0.3 is 9.13 Å². The van der Waals surface area contributed by atoms with Crippen LogP contribution in [0.3, 0.4) is 0 Å². The third-order valence-electron chi connectivity index (χ3n) is 4.14. The number of carbonyl (C=O) groups excluding carboxylic acids is 2. The molecule has 1 fully saturated rings. The molecule has 0 amide bonds. The Hall–Kier alpha value is -2.18. The molecule has 0 bridgehead atoms. The van der Waals surface area contributed by atoms with E-state index < -0.39 is 0 Å². The van der Waals surface area contributed by atoms with Crippen LogP contribution in [0.25, 0.3) is 0 Å². The zero-order valence-electron chi connectivity index (χ0n) is 12.5. The van der Waals surface area contributed by atoms with E-state index in [4.69, 9.17) is 0 Å². The minimum Gasteiger partial charge on any atom is -0.332 e. The van der Waals surface area contributed by atoms with Crippen molar-refractivity contribution in [2.75, 3.05) is 26.2 Å². The maximum absolute atomic E-state index is 10.9. The van der Waals surface area contributed by atoms with Gasteiger partial charge in [-0.05, 0) is 24.3 Å². The molecule has 6 heteroatoms. The van der Waals surface area contributed by atoms with Crippen molar-refractivity contribution in [1.29, 1.82) is 0 Å². The molecule has 0 spiro atoms. The first-order valence-corrected chi connectivity index (χ1v) is 7.45. The van der Waals surface area contributed by atoms with Gasteiger partial charge in [0.15, 0.2) is 12.6 Å². The van der Waals surface area contributed by atoms with Crippen LogP contribution in [0.5, 0.6) is 0 Å². The topological polar surface area (TPSA) is 50.5 Å². The van der Waals surface area contributed by atoms with Crippen LogP contribution < -0.4 is 0 Å². The molecule has 1 aliphatic rings. The van der Waals surface area contributed by atoms with E-state index in [0.717, 1.165) is 52.1 Å². The molecular formula is C16H20N4O2. The summed E-state index contributed by atoms with van der Waals surface area (Å²) in [6, 6.07) is 7.45. The highest BCUT2D eigenvalue weighted by atomic mass is 16.1. The van der Waals surface area contributed by atoms with Crippen molar-refractivity contribution in [3.05, 3.63) is 48.0 Å². The summed E-state index contributed by atoms with van der Waals surface area (Å²) >= 11 is 0. The summed E-state index contributed by atoms with van der Waals surface area (Å²) in [5.41, 5.74) is 1.43. The minimum atomic E-state index is 0.713. The van der Waals surface area contributed by atoms with Gasteiger partial charge in [-0.1, -0.05) is 0 Å². The number of piperazine rings is 1. The molecule has 3 heterocycles. The monoisotopic (exact) mass is 300 g/mol. The van der Waals surface area contributed by atoms with Crippen LogP contribution in [0.1, 0.15) is 21.0 Å². The van der Waals surface area contributed by atoms with Gasteiger partial charge in [0.2, 0.25) is 0 Å². The van der Waals surface area contributed by atoms with Gasteiger partial charge in [0.05, 0.1) is 24.7 Å². The van der Waals surface area contributed by atoms with Crippen molar-refractivity contribution in [3.8, 4) is 0 Å². The lowest BCUT2D eigenvalue weighted by atomic mass is 10.3. The van der Waals surface area contributed by atoms with Gasteiger partial charge >= 0.3 is 0 Å². The number of aldehydes is 2. The third kappa shape index (κ3) is 3.18. The predicted molar refractivity (Wildman–Crippen MR) is 82.8 cm³/mol. The van der Waals surface area contributed by atoms with Gasteiger partial charge in [-0.3, -0.25) is 19.4 Å². The quantitative estimate of drug-likeness (QED) is 0.751. The van der Waals surface area contributed by atoms with Gasteiger partial charge in [-0.25, -0.2) is 0 Å². The van der Waals surface area contributed by atoms with Gasteiger partial charge in [0.1, 0.15) is 0 Å². The Morgan fingerprint density at radius 2 is 1.18 bits per heavy atom. The zero-order valence-corrected chi connectivity index (χ0v) is 12.5. The van der Waals surface area contributed by atoms with Crippen LogP contribution in [-0.2, 0) is 13.3 Å². The smallest absolute Gasteiger partial charge is 0.166 e. The summed E-state index contributed by atoms with van der Waals surface area (Å²) in [6.07, 6.45) is 5.66. The second-order valence-corrected chi connectivity index (χ2v) is 5.56. The maximum Gasteiger partial charge on any atom is 0.166 e. The molecule has 0 radical (unpaired) electrons. The van der Waals surface area contributed by atoms with E-state index in [1.54, 1.807) is 0 Å². The Bertz CT molecular complexity index is 582. The summed E-state index contributed by atoms with van der Waals surface area (Å²) in [7, 11) is 0. The number of aromatic nitrogens is 2. The largest absolute Gasteiger partial charge is 0.332 e. The van der Waals surface area contributed by atoms with E-state index in [2.05, 4.69) is 9.80 Å². The third-order valence-corrected chi connectivity index (χ3v) is 4.14. The highest BCUT2D eigenvalue weighted by Crippen LogP contribution is 2.09. The fourth-order valence-corrected chi connectivity index (χ4v) is 2.83. The van der Waals surface area contributed by atoms with E-state index >= 15 is 0 Å². The van der Waals surface area contributed by atoms with Crippen LogP contribution in [0, 0.1) is 0 Å². The Morgan fingerprint density at radius 1 is 0.773 bits per heavy atom. The Kier molecular flexibility index (Phi) is 4.50. The molecule has 1 saturated heterocycles. The van der Waals surface area contributed by atoms with Crippen LogP contribution in [0.4, 0.5) is 0 Å². The molecule has 2 aromatic rings. The lowest BCUT2D eigenvalue weighted by molar-refractivity contribution is 0.0845. The summed E-state index contributed by atoms with van der Waals surface area (Å²) < 4.78 is 3.94. The van der Waals surface area contributed by atoms with Crippen LogP contribution in [0.2, 0.25) is 0 Å². The molecule has 0 unspecified atom stereocenters. The number of hydrogen-bond donors (Lipinski definition) is 0. The van der Waals surface area contributed by atoms with Crippen molar-refractivity contribution in [1.82, 2.24) is 18.9 Å². The molecule has 2 aromatic heterocycles. The molecule has 22 heavy (non-hydrogen) atoms. The first-order valence-electron chi connectivity index (χ1n) is 7.45.